The highest BCUT2D eigenvalue weighted by Gasteiger charge is 2.58. The Morgan fingerprint density at radius 1 is 1.41 bits per heavy atom. The molecule has 5 nitrogen and oxygen atoms in total. The molecule has 1 aromatic carbocycles. The maximum atomic E-state index is 13.4. The van der Waals surface area contributed by atoms with Crippen LogP contribution in [0.1, 0.15) is 19.3 Å². The fraction of sp³-hybridized carbons (Fsp3) is 0.400. The number of guanidine groups is 1. The van der Waals surface area contributed by atoms with Crippen molar-refractivity contribution in [3.8, 4) is 6.19 Å². The van der Waals surface area contributed by atoms with E-state index in [1.807, 2.05) is 4.90 Å². The van der Waals surface area contributed by atoms with Crippen LogP contribution >= 0.6 is 11.6 Å². The van der Waals surface area contributed by atoms with Crippen molar-refractivity contribution < 1.29 is 9.18 Å². The average molecular weight is 319 g/mol. The Balaban J connectivity index is 1.81. The second kappa shape index (κ2) is 4.68. The van der Waals surface area contributed by atoms with E-state index in [2.05, 4.69) is 4.99 Å². The first-order chi connectivity index (χ1) is 10.6. The molecule has 2 unspecified atom stereocenters. The molecule has 2 aliphatic heterocycles. The van der Waals surface area contributed by atoms with Crippen molar-refractivity contribution in [1.82, 2.24) is 4.90 Å². The number of amides is 1. The lowest BCUT2D eigenvalue weighted by molar-refractivity contribution is -0.120. The van der Waals surface area contributed by atoms with Crippen LogP contribution in [0.3, 0.4) is 0 Å². The van der Waals surface area contributed by atoms with Gasteiger partial charge in [0.05, 0.1) is 10.7 Å². The number of halogens is 2. The summed E-state index contributed by atoms with van der Waals surface area (Å²) in [6.07, 6.45) is 4.78. The van der Waals surface area contributed by atoms with Crippen LogP contribution in [0.15, 0.2) is 23.2 Å². The monoisotopic (exact) mass is 318 g/mol. The number of nitriles is 1. The number of piperidine rings is 1. The molecule has 1 saturated carbocycles. The SMILES string of the molecule is N#CN=C1N(c2ccc(F)c(Cl)c2)C(=O)[C@H]2C3CCC(C3)N12. The van der Waals surface area contributed by atoms with Gasteiger partial charge in [-0.05, 0) is 43.4 Å². The van der Waals surface area contributed by atoms with Crippen LogP contribution in [0.4, 0.5) is 10.1 Å². The average Bonchev–Trinajstić information content (AvgIpc) is 3.16. The Morgan fingerprint density at radius 2 is 2.23 bits per heavy atom. The second-order valence-corrected chi connectivity index (χ2v) is 6.27. The normalized spacial score (nSPS) is 31.0. The molecule has 0 aromatic heterocycles. The van der Waals surface area contributed by atoms with Crippen LogP contribution in [0.5, 0.6) is 0 Å². The molecule has 7 heteroatoms. The quantitative estimate of drug-likeness (QED) is 0.748. The van der Waals surface area contributed by atoms with E-state index in [0.29, 0.717) is 17.6 Å². The number of rotatable bonds is 1. The lowest BCUT2D eigenvalue weighted by Gasteiger charge is -2.28. The molecule has 112 valence electrons. The number of nitrogens with zero attached hydrogens (tertiary/aromatic N) is 4. The lowest BCUT2D eigenvalue weighted by Crippen LogP contribution is -2.41. The number of hydrogen-bond donors (Lipinski definition) is 0. The molecule has 3 fully saturated rings. The number of carbonyl (C=O) groups excluding carboxylic acids is 1. The molecule has 0 radical (unpaired) electrons. The summed E-state index contributed by atoms with van der Waals surface area (Å²) in [6, 6.07) is 4.09. The fourth-order valence-corrected chi connectivity index (χ4v) is 4.13. The van der Waals surface area contributed by atoms with E-state index in [-0.39, 0.29) is 23.0 Å². The van der Waals surface area contributed by atoms with Crippen LogP contribution in [-0.2, 0) is 4.79 Å². The summed E-state index contributed by atoms with van der Waals surface area (Å²) in [5.41, 5.74) is 0.444. The topological polar surface area (TPSA) is 59.7 Å². The zero-order chi connectivity index (χ0) is 15.4. The van der Waals surface area contributed by atoms with Crippen LogP contribution in [0.25, 0.3) is 0 Å². The number of anilines is 1. The van der Waals surface area contributed by atoms with Gasteiger partial charge in [-0.1, -0.05) is 11.6 Å². The van der Waals surface area contributed by atoms with Gasteiger partial charge in [0, 0.05) is 6.04 Å². The maximum absolute atomic E-state index is 13.4. The first-order valence-electron chi connectivity index (χ1n) is 7.16. The van der Waals surface area contributed by atoms with Gasteiger partial charge in [-0.25, -0.2) is 9.29 Å². The molecular formula is C15H12ClFN4O. The smallest absolute Gasteiger partial charge is 0.257 e. The van der Waals surface area contributed by atoms with E-state index in [9.17, 15) is 9.18 Å². The minimum atomic E-state index is -0.545. The van der Waals surface area contributed by atoms with E-state index < -0.39 is 5.82 Å². The summed E-state index contributed by atoms with van der Waals surface area (Å²) in [6.45, 7) is 0. The highest BCUT2D eigenvalue weighted by Crippen LogP contribution is 2.47. The van der Waals surface area contributed by atoms with Gasteiger partial charge in [0.15, 0.2) is 0 Å². The molecule has 4 rings (SSSR count). The van der Waals surface area contributed by atoms with Gasteiger partial charge in [0.1, 0.15) is 11.9 Å². The Bertz CT molecular complexity index is 744. The highest BCUT2D eigenvalue weighted by atomic mass is 35.5. The Morgan fingerprint density at radius 3 is 2.95 bits per heavy atom. The molecular weight excluding hydrogens is 307 g/mol. The number of carbonyl (C=O) groups is 1. The van der Waals surface area contributed by atoms with Crippen molar-refractivity contribution in [2.75, 3.05) is 4.90 Å². The van der Waals surface area contributed by atoms with Gasteiger partial charge in [-0.15, -0.1) is 4.99 Å². The summed E-state index contributed by atoms with van der Waals surface area (Å²) >= 11 is 5.82. The van der Waals surface area contributed by atoms with Crippen molar-refractivity contribution >= 4 is 29.2 Å². The Kier molecular flexibility index (Phi) is 2.88. The van der Waals surface area contributed by atoms with E-state index in [4.69, 9.17) is 16.9 Å². The van der Waals surface area contributed by atoms with Crippen LogP contribution in [-0.4, -0.2) is 28.9 Å². The molecule has 0 spiro atoms. The van der Waals surface area contributed by atoms with E-state index in [0.717, 1.165) is 19.3 Å². The first-order valence-corrected chi connectivity index (χ1v) is 7.53. The zero-order valence-electron chi connectivity index (χ0n) is 11.5. The van der Waals surface area contributed by atoms with Crippen molar-refractivity contribution in [3.63, 3.8) is 0 Å². The Hall–Kier alpha value is -2.13. The summed E-state index contributed by atoms with van der Waals surface area (Å²) in [4.78, 5) is 20.0. The number of hydrogen-bond acceptors (Lipinski definition) is 3. The lowest BCUT2D eigenvalue weighted by atomic mass is 9.99. The molecule has 2 saturated heterocycles. The molecule has 1 amide bonds. The molecule has 0 N–H and O–H groups in total. The predicted molar refractivity (Wildman–Crippen MR) is 78.7 cm³/mol. The third-order valence-electron chi connectivity index (χ3n) is 4.80. The third kappa shape index (κ3) is 1.69. The van der Waals surface area contributed by atoms with Crippen molar-refractivity contribution in [2.45, 2.75) is 31.3 Å². The number of aliphatic imine (C=N–C) groups is 1. The minimum absolute atomic E-state index is 0.0587. The first kappa shape index (κ1) is 13.5. The molecule has 22 heavy (non-hydrogen) atoms. The summed E-state index contributed by atoms with van der Waals surface area (Å²) < 4.78 is 13.4. The summed E-state index contributed by atoms with van der Waals surface area (Å²) in [5, 5.41) is 8.92. The van der Waals surface area contributed by atoms with E-state index >= 15 is 0 Å². The number of benzene rings is 1. The molecule has 1 aliphatic carbocycles. The van der Waals surface area contributed by atoms with Gasteiger partial charge in [-0.2, -0.15) is 5.26 Å². The zero-order valence-corrected chi connectivity index (χ0v) is 12.3. The van der Waals surface area contributed by atoms with Crippen molar-refractivity contribution in [2.24, 2.45) is 10.9 Å². The summed E-state index contributed by atoms with van der Waals surface area (Å²) in [7, 11) is 0. The standard InChI is InChI=1S/C15H12ClFN4O/c16-11-6-10(3-4-12(11)17)21-14(22)13-8-1-2-9(5-8)20(13)15(21)19-7-18/h3-4,6,8-9,13H,1-2,5H2/t8?,9?,13-/m1/s1. The van der Waals surface area contributed by atoms with Crippen LogP contribution in [0, 0.1) is 23.2 Å². The largest absolute Gasteiger partial charge is 0.326 e. The molecule has 3 aliphatic rings. The van der Waals surface area contributed by atoms with Crippen molar-refractivity contribution in [1.29, 1.82) is 5.26 Å². The second-order valence-electron chi connectivity index (χ2n) is 5.86. The summed E-state index contributed by atoms with van der Waals surface area (Å²) in [5.74, 6) is -0.00466. The van der Waals surface area contributed by atoms with Crippen LogP contribution < -0.4 is 4.90 Å². The van der Waals surface area contributed by atoms with Crippen molar-refractivity contribution in [3.05, 3.63) is 29.0 Å². The molecule has 3 atom stereocenters. The van der Waals surface area contributed by atoms with Crippen LogP contribution in [0.2, 0.25) is 5.02 Å². The van der Waals surface area contributed by atoms with E-state index in [1.54, 1.807) is 6.19 Å². The van der Waals surface area contributed by atoms with Gasteiger partial charge >= 0.3 is 0 Å². The highest BCUT2D eigenvalue weighted by molar-refractivity contribution is 6.31. The minimum Gasteiger partial charge on any atom is -0.326 e. The van der Waals surface area contributed by atoms with Gasteiger partial charge in [-0.3, -0.25) is 4.79 Å². The fourth-order valence-electron chi connectivity index (χ4n) is 3.96. The maximum Gasteiger partial charge on any atom is 0.257 e. The predicted octanol–water partition coefficient (Wildman–Crippen LogP) is 2.52. The molecule has 2 bridgehead atoms. The molecule has 2 heterocycles. The van der Waals surface area contributed by atoms with Gasteiger partial charge in [0.2, 0.25) is 12.2 Å². The Labute approximate surface area is 131 Å². The molecule has 1 aromatic rings. The number of fused-ring (bicyclic) bond motifs is 5. The van der Waals surface area contributed by atoms with E-state index in [1.165, 1.54) is 23.1 Å². The third-order valence-corrected chi connectivity index (χ3v) is 5.09. The van der Waals surface area contributed by atoms with Gasteiger partial charge in [0.25, 0.3) is 5.91 Å². The van der Waals surface area contributed by atoms with Gasteiger partial charge < -0.3 is 4.90 Å².